The third kappa shape index (κ3) is 4.04. The van der Waals surface area contributed by atoms with Crippen molar-refractivity contribution in [3.8, 4) is 0 Å². The van der Waals surface area contributed by atoms with Crippen LogP contribution in [-0.4, -0.2) is 35.0 Å². The van der Waals surface area contributed by atoms with Crippen molar-refractivity contribution in [3.05, 3.63) is 41.5 Å². The summed E-state index contributed by atoms with van der Waals surface area (Å²) in [4.78, 5) is 24.3. The number of hydrogen-bond donors (Lipinski definition) is 1. The molecule has 1 unspecified atom stereocenters. The van der Waals surface area contributed by atoms with Crippen LogP contribution in [0.25, 0.3) is 5.57 Å². The van der Waals surface area contributed by atoms with Crippen LogP contribution in [0, 0.1) is 17.6 Å². The van der Waals surface area contributed by atoms with E-state index in [1.807, 2.05) is 0 Å². The van der Waals surface area contributed by atoms with E-state index in [1.54, 1.807) is 6.92 Å². The SMILES string of the molecule is CC(=CC(=O)N1CCC(C(=O)O)C1)c1ccc(F)cc1F.Cl. The van der Waals surface area contributed by atoms with Gasteiger partial charge in [0.1, 0.15) is 11.6 Å². The summed E-state index contributed by atoms with van der Waals surface area (Å²) < 4.78 is 26.5. The fourth-order valence-electron chi connectivity index (χ4n) is 2.33. The Balaban J connectivity index is 0.00000242. The Morgan fingerprint density at radius 2 is 2.05 bits per heavy atom. The maximum absolute atomic E-state index is 13.6. The predicted molar refractivity (Wildman–Crippen MR) is 79.6 cm³/mol. The van der Waals surface area contributed by atoms with Crippen molar-refractivity contribution < 1.29 is 23.5 Å². The number of carboxylic acids is 1. The van der Waals surface area contributed by atoms with Crippen LogP contribution < -0.4 is 0 Å². The van der Waals surface area contributed by atoms with Gasteiger partial charge in [-0.3, -0.25) is 9.59 Å². The summed E-state index contributed by atoms with van der Waals surface area (Å²) in [6, 6.07) is 3.15. The van der Waals surface area contributed by atoms with Crippen molar-refractivity contribution >= 4 is 29.9 Å². The number of carboxylic acid groups (broad SMARTS) is 1. The molecule has 120 valence electrons. The zero-order valence-corrected chi connectivity index (χ0v) is 12.7. The Morgan fingerprint density at radius 1 is 1.36 bits per heavy atom. The molecule has 1 saturated heterocycles. The zero-order chi connectivity index (χ0) is 15.6. The number of allylic oxidation sites excluding steroid dienone is 1. The van der Waals surface area contributed by atoms with Crippen LogP contribution in [0.4, 0.5) is 8.78 Å². The molecule has 22 heavy (non-hydrogen) atoms. The third-order valence-corrected chi connectivity index (χ3v) is 3.55. The number of halogens is 3. The summed E-state index contributed by atoms with van der Waals surface area (Å²) in [6.07, 6.45) is 1.67. The molecule has 1 amide bonds. The number of aliphatic carboxylic acids is 1. The summed E-state index contributed by atoms with van der Waals surface area (Å²) in [5, 5.41) is 8.90. The molecule has 1 aromatic rings. The molecule has 1 fully saturated rings. The Bertz CT molecular complexity index is 619. The topological polar surface area (TPSA) is 57.6 Å². The van der Waals surface area contributed by atoms with E-state index in [-0.39, 0.29) is 30.4 Å². The van der Waals surface area contributed by atoms with E-state index < -0.39 is 23.5 Å². The Morgan fingerprint density at radius 3 is 2.59 bits per heavy atom. The lowest BCUT2D eigenvalue weighted by molar-refractivity contribution is -0.141. The molecule has 4 nitrogen and oxygen atoms in total. The lowest BCUT2D eigenvalue weighted by Gasteiger charge is -2.14. The van der Waals surface area contributed by atoms with E-state index in [9.17, 15) is 18.4 Å². The van der Waals surface area contributed by atoms with Crippen LogP contribution in [0.5, 0.6) is 0 Å². The van der Waals surface area contributed by atoms with Gasteiger partial charge in [0.15, 0.2) is 0 Å². The van der Waals surface area contributed by atoms with Crippen molar-refractivity contribution in [2.24, 2.45) is 5.92 Å². The average molecular weight is 332 g/mol. The second-order valence-electron chi connectivity index (χ2n) is 5.06. The molecule has 7 heteroatoms. The van der Waals surface area contributed by atoms with Gasteiger partial charge in [-0.1, -0.05) is 0 Å². The van der Waals surface area contributed by atoms with Crippen LogP contribution in [0.2, 0.25) is 0 Å². The summed E-state index contributed by atoms with van der Waals surface area (Å²) in [5.41, 5.74) is 0.523. The maximum Gasteiger partial charge on any atom is 0.308 e. The molecule has 0 bridgehead atoms. The molecular formula is C15H16ClF2NO3. The molecule has 1 aromatic carbocycles. The highest BCUT2D eigenvalue weighted by Gasteiger charge is 2.30. The van der Waals surface area contributed by atoms with E-state index in [2.05, 4.69) is 0 Å². The summed E-state index contributed by atoms with van der Waals surface area (Å²) >= 11 is 0. The van der Waals surface area contributed by atoms with E-state index in [0.717, 1.165) is 12.1 Å². The van der Waals surface area contributed by atoms with Crippen LogP contribution in [0.1, 0.15) is 18.9 Å². The van der Waals surface area contributed by atoms with Gasteiger partial charge in [-0.25, -0.2) is 8.78 Å². The first-order valence-corrected chi connectivity index (χ1v) is 6.54. The van der Waals surface area contributed by atoms with Crippen LogP contribution in [0.3, 0.4) is 0 Å². The molecular weight excluding hydrogens is 316 g/mol. The lowest BCUT2D eigenvalue weighted by Crippen LogP contribution is -2.28. The average Bonchev–Trinajstić information content (AvgIpc) is 2.88. The van der Waals surface area contributed by atoms with Crippen molar-refractivity contribution in [3.63, 3.8) is 0 Å². The van der Waals surface area contributed by atoms with Crippen molar-refractivity contribution in [1.29, 1.82) is 0 Å². The Labute approximate surface area is 132 Å². The summed E-state index contributed by atoms with van der Waals surface area (Å²) in [6.45, 7) is 2.08. The van der Waals surface area contributed by atoms with Gasteiger partial charge < -0.3 is 10.0 Å². The fraction of sp³-hybridized carbons (Fsp3) is 0.333. The summed E-state index contributed by atoms with van der Waals surface area (Å²) in [5.74, 6) is -3.25. The molecule has 1 atom stereocenters. The van der Waals surface area contributed by atoms with Crippen molar-refractivity contribution in [1.82, 2.24) is 4.90 Å². The van der Waals surface area contributed by atoms with E-state index >= 15 is 0 Å². The number of nitrogens with zero attached hydrogens (tertiary/aromatic N) is 1. The molecule has 0 spiro atoms. The monoisotopic (exact) mass is 331 g/mol. The minimum Gasteiger partial charge on any atom is -0.481 e. The van der Waals surface area contributed by atoms with E-state index in [4.69, 9.17) is 5.11 Å². The fourth-order valence-corrected chi connectivity index (χ4v) is 2.33. The van der Waals surface area contributed by atoms with Gasteiger partial charge in [0, 0.05) is 30.8 Å². The number of benzene rings is 1. The van der Waals surface area contributed by atoms with Gasteiger partial charge in [-0.15, -0.1) is 12.4 Å². The predicted octanol–water partition coefficient (Wildman–Crippen LogP) is 2.72. The van der Waals surface area contributed by atoms with E-state index in [1.165, 1.54) is 17.0 Å². The zero-order valence-electron chi connectivity index (χ0n) is 11.9. The van der Waals surface area contributed by atoms with Crippen LogP contribution >= 0.6 is 12.4 Å². The molecule has 0 saturated carbocycles. The molecule has 1 aliphatic rings. The lowest BCUT2D eigenvalue weighted by atomic mass is 10.1. The molecule has 0 radical (unpaired) electrons. The van der Waals surface area contributed by atoms with Crippen LogP contribution in [0.15, 0.2) is 24.3 Å². The highest BCUT2D eigenvalue weighted by molar-refractivity contribution is 5.95. The maximum atomic E-state index is 13.6. The van der Waals surface area contributed by atoms with Crippen LogP contribution in [-0.2, 0) is 9.59 Å². The smallest absolute Gasteiger partial charge is 0.308 e. The first kappa shape index (κ1) is 18.1. The standard InChI is InChI=1S/C15H15F2NO3.ClH/c1-9(12-3-2-11(16)7-13(12)17)6-14(19)18-5-4-10(8-18)15(20)21;/h2-3,6-7,10H,4-5,8H2,1H3,(H,20,21);1H. The highest BCUT2D eigenvalue weighted by atomic mass is 35.5. The quantitative estimate of drug-likeness (QED) is 0.866. The number of carbonyl (C=O) groups excluding carboxylic acids is 1. The van der Waals surface area contributed by atoms with Gasteiger partial charge >= 0.3 is 5.97 Å². The Kier molecular flexibility index (Phi) is 6.05. The number of hydrogen-bond acceptors (Lipinski definition) is 2. The number of likely N-dealkylation sites (tertiary alicyclic amines) is 1. The second-order valence-corrected chi connectivity index (χ2v) is 5.06. The van der Waals surface area contributed by atoms with Gasteiger partial charge in [-0.2, -0.15) is 0 Å². The minimum atomic E-state index is -0.921. The first-order chi connectivity index (χ1) is 9.88. The molecule has 1 N–H and O–H groups in total. The normalized spacial score (nSPS) is 18.0. The second kappa shape index (κ2) is 7.35. The number of carbonyl (C=O) groups is 2. The minimum absolute atomic E-state index is 0. The largest absolute Gasteiger partial charge is 0.481 e. The molecule has 0 aliphatic carbocycles. The van der Waals surface area contributed by atoms with E-state index in [0.29, 0.717) is 18.5 Å². The van der Waals surface area contributed by atoms with Gasteiger partial charge in [0.05, 0.1) is 5.92 Å². The number of amides is 1. The first-order valence-electron chi connectivity index (χ1n) is 6.54. The Hall–Kier alpha value is -1.95. The highest BCUT2D eigenvalue weighted by Crippen LogP contribution is 2.21. The molecule has 2 rings (SSSR count). The van der Waals surface area contributed by atoms with Crippen molar-refractivity contribution in [2.45, 2.75) is 13.3 Å². The summed E-state index contributed by atoms with van der Waals surface area (Å²) in [7, 11) is 0. The van der Waals surface area contributed by atoms with Gasteiger partial charge in [0.25, 0.3) is 0 Å². The van der Waals surface area contributed by atoms with Gasteiger partial charge in [-0.05, 0) is 31.1 Å². The van der Waals surface area contributed by atoms with Gasteiger partial charge in [0.2, 0.25) is 5.91 Å². The molecule has 1 heterocycles. The molecule has 0 aromatic heterocycles. The third-order valence-electron chi connectivity index (χ3n) is 3.55. The number of rotatable bonds is 3. The molecule has 1 aliphatic heterocycles. The van der Waals surface area contributed by atoms with Crippen molar-refractivity contribution in [2.75, 3.05) is 13.1 Å².